The molecule has 3 heterocycles. The number of nitrogens with zero attached hydrogens (tertiary/aromatic N) is 1. The van der Waals surface area contributed by atoms with Crippen molar-refractivity contribution in [2.45, 2.75) is 13.1 Å². The van der Waals surface area contributed by atoms with Gasteiger partial charge in [-0.1, -0.05) is 12.1 Å². The van der Waals surface area contributed by atoms with E-state index < -0.39 is 6.17 Å². The number of carbonyl (C=O) groups is 1. The Morgan fingerprint density at radius 1 is 1.00 bits per heavy atom. The summed E-state index contributed by atoms with van der Waals surface area (Å²) in [5, 5.41) is 3.42. The van der Waals surface area contributed by atoms with Crippen LogP contribution in [0.4, 0.5) is 11.4 Å². The van der Waals surface area contributed by atoms with E-state index in [1.807, 2.05) is 61.5 Å². The highest BCUT2D eigenvalue weighted by Gasteiger charge is 2.36. The van der Waals surface area contributed by atoms with Crippen LogP contribution in [0.1, 0.15) is 28.0 Å². The molecule has 0 saturated heterocycles. The Kier molecular flexibility index (Phi) is 3.57. The fourth-order valence-corrected chi connectivity index (χ4v) is 3.50. The Bertz CT molecular complexity index is 1030. The second-order valence-corrected chi connectivity index (χ2v) is 6.54. The lowest BCUT2D eigenvalue weighted by atomic mass is 10.1. The van der Waals surface area contributed by atoms with E-state index in [1.165, 1.54) is 0 Å². The molecule has 0 fully saturated rings. The maximum absolute atomic E-state index is 13.3. The lowest BCUT2D eigenvalue weighted by Crippen LogP contribution is -2.43. The molecule has 5 rings (SSSR count). The van der Waals surface area contributed by atoms with Crippen molar-refractivity contribution >= 4 is 17.3 Å². The van der Waals surface area contributed by atoms with Gasteiger partial charge in [0.15, 0.2) is 17.7 Å². The molecule has 136 valence electrons. The molecule has 0 unspecified atom stereocenters. The standard InChI is InChI=1S/C21H18N2O4/c1-13-6-8-18(27-13)20-22-16-5-3-2-4-15(16)21(24)23(20)14-7-9-17-19(12-14)26-11-10-25-17/h2-9,12,20,22H,10-11H2,1H3/t20-/m0/s1. The third-order valence-electron chi connectivity index (χ3n) is 4.76. The minimum Gasteiger partial charge on any atom is -0.486 e. The van der Waals surface area contributed by atoms with E-state index in [4.69, 9.17) is 13.9 Å². The summed E-state index contributed by atoms with van der Waals surface area (Å²) in [7, 11) is 0. The summed E-state index contributed by atoms with van der Waals surface area (Å²) in [6.07, 6.45) is -0.455. The number of hydrogen-bond acceptors (Lipinski definition) is 5. The molecule has 27 heavy (non-hydrogen) atoms. The number of amides is 1. The molecule has 6 heteroatoms. The molecular formula is C21H18N2O4. The van der Waals surface area contributed by atoms with Crippen LogP contribution in [0.5, 0.6) is 11.5 Å². The van der Waals surface area contributed by atoms with Gasteiger partial charge in [0.05, 0.1) is 11.3 Å². The van der Waals surface area contributed by atoms with E-state index in [0.29, 0.717) is 41.7 Å². The van der Waals surface area contributed by atoms with E-state index >= 15 is 0 Å². The quantitative estimate of drug-likeness (QED) is 0.743. The van der Waals surface area contributed by atoms with E-state index in [2.05, 4.69) is 5.32 Å². The highest BCUT2D eigenvalue weighted by Crippen LogP contribution is 2.40. The maximum atomic E-state index is 13.3. The molecule has 0 bridgehead atoms. The van der Waals surface area contributed by atoms with E-state index in [1.54, 1.807) is 4.90 Å². The van der Waals surface area contributed by atoms with Crippen molar-refractivity contribution in [3.63, 3.8) is 0 Å². The number of fused-ring (bicyclic) bond motifs is 2. The summed E-state index contributed by atoms with van der Waals surface area (Å²) in [5.74, 6) is 2.69. The molecule has 3 aromatic rings. The minimum atomic E-state index is -0.455. The normalized spacial score (nSPS) is 18.0. The summed E-state index contributed by atoms with van der Waals surface area (Å²) in [5.41, 5.74) is 2.12. The van der Waals surface area contributed by atoms with Crippen LogP contribution in [0.2, 0.25) is 0 Å². The van der Waals surface area contributed by atoms with Crippen LogP contribution in [-0.2, 0) is 0 Å². The van der Waals surface area contributed by atoms with Gasteiger partial charge in [-0.3, -0.25) is 9.69 Å². The van der Waals surface area contributed by atoms with Gasteiger partial charge in [0.1, 0.15) is 24.7 Å². The molecule has 2 aliphatic rings. The van der Waals surface area contributed by atoms with Crippen molar-refractivity contribution < 1.29 is 18.7 Å². The fourth-order valence-electron chi connectivity index (χ4n) is 3.50. The van der Waals surface area contributed by atoms with Gasteiger partial charge in [-0.25, -0.2) is 0 Å². The molecule has 1 atom stereocenters. The number of hydrogen-bond donors (Lipinski definition) is 1. The Balaban J connectivity index is 1.63. The third-order valence-corrected chi connectivity index (χ3v) is 4.76. The van der Waals surface area contributed by atoms with Crippen molar-refractivity contribution in [3.05, 3.63) is 71.7 Å². The lowest BCUT2D eigenvalue weighted by molar-refractivity contribution is 0.0971. The van der Waals surface area contributed by atoms with Crippen LogP contribution >= 0.6 is 0 Å². The smallest absolute Gasteiger partial charge is 0.262 e. The Hall–Kier alpha value is -3.41. The van der Waals surface area contributed by atoms with E-state index in [-0.39, 0.29) is 5.91 Å². The Labute approximate surface area is 156 Å². The monoisotopic (exact) mass is 362 g/mol. The van der Waals surface area contributed by atoms with Crippen LogP contribution in [0.25, 0.3) is 0 Å². The molecule has 0 aliphatic carbocycles. The second kappa shape index (κ2) is 6.09. The minimum absolute atomic E-state index is 0.0971. The number of anilines is 2. The van der Waals surface area contributed by atoms with Gasteiger partial charge < -0.3 is 19.2 Å². The zero-order valence-corrected chi connectivity index (χ0v) is 14.8. The fraction of sp³-hybridized carbons (Fsp3) is 0.190. The average molecular weight is 362 g/mol. The SMILES string of the molecule is Cc1ccc([C@H]2Nc3ccccc3C(=O)N2c2ccc3c(c2)OCCO3)o1. The number of carbonyl (C=O) groups excluding carboxylic acids is 1. The Morgan fingerprint density at radius 2 is 1.81 bits per heavy atom. The van der Waals surface area contributed by atoms with Gasteiger partial charge >= 0.3 is 0 Å². The molecular weight excluding hydrogens is 344 g/mol. The lowest BCUT2D eigenvalue weighted by Gasteiger charge is -2.37. The summed E-state index contributed by atoms with van der Waals surface area (Å²) < 4.78 is 17.1. The van der Waals surface area contributed by atoms with Gasteiger partial charge in [0.25, 0.3) is 5.91 Å². The van der Waals surface area contributed by atoms with E-state index in [0.717, 1.165) is 11.4 Å². The number of para-hydroxylation sites is 1. The van der Waals surface area contributed by atoms with Crippen molar-refractivity contribution in [3.8, 4) is 11.5 Å². The van der Waals surface area contributed by atoms with Crippen LogP contribution in [-0.4, -0.2) is 19.1 Å². The van der Waals surface area contributed by atoms with Crippen LogP contribution in [0.15, 0.2) is 59.0 Å². The topological polar surface area (TPSA) is 63.9 Å². The Morgan fingerprint density at radius 3 is 2.63 bits per heavy atom. The average Bonchev–Trinajstić information content (AvgIpc) is 3.14. The second-order valence-electron chi connectivity index (χ2n) is 6.54. The predicted molar refractivity (Wildman–Crippen MR) is 100 cm³/mol. The van der Waals surface area contributed by atoms with Gasteiger partial charge in [0, 0.05) is 11.8 Å². The molecule has 1 aromatic heterocycles. The predicted octanol–water partition coefficient (Wildman–Crippen LogP) is 4.13. The van der Waals surface area contributed by atoms with Gasteiger partial charge in [-0.05, 0) is 43.3 Å². The largest absolute Gasteiger partial charge is 0.486 e. The first-order valence-electron chi connectivity index (χ1n) is 8.86. The summed E-state index contributed by atoms with van der Waals surface area (Å²) in [4.78, 5) is 15.0. The van der Waals surface area contributed by atoms with E-state index in [9.17, 15) is 4.79 Å². The van der Waals surface area contributed by atoms with Crippen LogP contribution < -0.4 is 19.7 Å². The number of furan rings is 1. The number of aryl methyl sites for hydroxylation is 1. The first kappa shape index (κ1) is 15.8. The number of nitrogens with one attached hydrogen (secondary N) is 1. The number of ether oxygens (including phenoxy) is 2. The van der Waals surface area contributed by atoms with Crippen LogP contribution in [0, 0.1) is 6.92 Å². The summed E-state index contributed by atoms with van der Waals surface area (Å²) >= 11 is 0. The molecule has 2 aliphatic heterocycles. The van der Waals surface area contributed by atoms with Crippen molar-refractivity contribution in [2.24, 2.45) is 0 Å². The summed E-state index contributed by atoms with van der Waals surface area (Å²) in [6, 6.07) is 16.8. The van der Waals surface area contributed by atoms with Crippen molar-refractivity contribution in [2.75, 3.05) is 23.4 Å². The van der Waals surface area contributed by atoms with Crippen molar-refractivity contribution in [1.29, 1.82) is 0 Å². The first-order valence-corrected chi connectivity index (χ1v) is 8.86. The van der Waals surface area contributed by atoms with Crippen molar-refractivity contribution in [1.82, 2.24) is 0 Å². The molecule has 1 amide bonds. The number of rotatable bonds is 2. The molecule has 2 aromatic carbocycles. The zero-order chi connectivity index (χ0) is 18.4. The van der Waals surface area contributed by atoms with Gasteiger partial charge in [-0.15, -0.1) is 0 Å². The highest BCUT2D eigenvalue weighted by atomic mass is 16.6. The molecule has 0 radical (unpaired) electrons. The first-order chi connectivity index (χ1) is 13.2. The highest BCUT2D eigenvalue weighted by molar-refractivity contribution is 6.12. The number of benzene rings is 2. The molecule has 0 saturated carbocycles. The van der Waals surface area contributed by atoms with Crippen LogP contribution in [0.3, 0.4) is 0 Å². The molecule has 6 nitrogen and oxygen atoms in total. The molecule has 0 spiro atoms. The zero-order valence-electron chi connectivity index (χ0n) is 14.8. The third kappa shape index (κ3) is 2.61. The van der Waals surface area contributed by atoms with Gasteiger partial charge in [0.2, 0.25) is 0 Å². The summed E-state index contributed by atoms with van der Waals surface area (Å²) in [6.45, 7) is 2.90. The maximum Gasteiger partial charge on any atom is 0.262 e. The van der Waals surface area contributed by atoms with Gasteiger partial charge in [-0.2, -0.15) is 0 Å². The molecule has 1 N–H and O–H groups in total.